The van der Waals surface area contributed by atoms with E-state index >= 15 is 0 Å². The zero-order valence-corrected chi connectivity index (χ0v) is 28.2. The summed E-state index contributed by atoms with van der Waals surface area (Å²) < 4.78 is 2.46. The van der Waals surface area contributed by atoms with E-state index in [4.69, 9.17) is 9.97 Å². The molecule has 0 radical (unpaired) electrons. The van der Waals surface area contributed by atoms with Crippen LogP contribution in [0.25, 0.3) is 51.2 Å². The highest BCUT2D eigenvalue weighted by molar-refractivity contribution is 5.76. The highest BCUT2D eigenvalue weighted by Crippen LogP contribution is 2.38. The van der Waals surface area contributed by atoms with Gasteiger partial charge in [-0.3, -0.25) is 4.90 Å². The van der Waals surface area contributed by atoms with Gasteiger partial charge in [0.1, 0.15) is 0 Å². The van der Waals surface area contributed by atoms with Crippen LogP contribution in [-0.2, 0) is 6.42 Å². The van der Waals surface area contributed by atoms with E-state index in [0.717, 1.165) is 58.6 Å². The number of hydrogen-bond acceptors (Lipinski definition) is 3. The summed E-state index contributed by atoms with van der Waals surface area (Å²) in [6.07, 6.45) is 14.8. The number of allylic oxidation sites excluding steroid dienone is 6. The van der Waals surface area contributed by atoms with Gasteiger partial charge in [0.2, 0.25) is 0 Å². The Morgan fingerprint density at radius 2 is 1.51 bits per heavy atom. The minimum absolute atomic E-state index is 0.340. The number of nitrogens with zero attached hydrogens (tertiary/aromatic N) is 4. The lowest BCUT2D eigenvalue weighted by molar-refractivity contribution is 0.240. The largest absolute Gasteiger partial charge is 0.316 e. The van der Waals surface area contributed by atoms with Crippen molar-refractivity contribution in [2.45, 2.75) is 46.6 Å². The van der Waals surface area contributed by atoms with E-state index in [-0.39, 0.29) is 0 Å². The van der Waals surface area contributed by atoms with E-state index < -0.39 is 0 Å². The van der Waals surface area contributed by atoms with Gasteiger partial charge in [0, 0.05) is 46.4 Å². The SMILES string of the molecule is C=C(C=CC/C=C\C)c1ccc(-c2cc(-c3ccc(-n4c(C)c(/C=C\C)c5c4C(C)N(C)CC5)cc3)nc(-c3ccccc3)n2)cc1. The first-order valence-corrected chi connectivity index (χ1v) is 16.6. The van der Waals surface area contributed by atoms with Crippen molar-refractivity contribution in [3.05, 3.63) is 150 Å². The fraction of sp³-hybridized carbons (Fsp3) is 0.209. The maximum absolute atomic E-state index is 5.07. The average Bonchev–Trinajstić information content (AvgIpc) is 3.39. The van der Waals surface area contributed by atoms with Gasteiger partial charge in [-0.1, -0.05) is 110 Å². The first-order chi connectivity index (χ1) is 22.9. The number of aromatic nitrogens is 3. The molecule has 3 heterocycles. The van der Waals surface area contributed by atoms with Crippen LogP contribution in [0, 0.1) is 6.92 Å². The number of hydrogen-bond donors (Lipinski definition) is 0. The van der Waals surface area contributed by atoms with Crippen molar-refractivity contribution in [3.63, 3.8) is 0 Å². The highest BCUT2D eigenvalue weighted by atomic mass is 15.2. The second-order valence-electron chi connectivity index (χ2n) is 12.3. The van der Waals surface area contributed by atoms with Crippen molar-refractivity contribution >= 4 is 11.6 Å². The van der Waals surface area contributed by atoms with Crippen molar-refractivity contribution in [2.75, 3.05) is 13.6 Å². The Labute approximate surface area is 280 Å². The van der Waals surface area contributed by atoms with Crippen molar-refractivity contribution in [1.82, 2.24) is 19.4 Å². The molecule has 47 heavy (non-hydrogen) atoms. The second kappa shape index (κ2) is 14.1. The highest BCUT2D eigenvalue weighted by Gasteiger charge is 2.29. The molecule has 5 aromatic rings. The third-order valence-electron chi connectivity index (χ3n) is 9.26. The molecule has 4 heteroatoms. The van der Waals surface area contributed by atoms with E-state index in [1.54, 1.807) is 0 Å². The van der Waals surface area contributed by atoms with Crippen LogP contribution in [-0.4, -0.2) is 33.0 Å². The topological polar surface area (TPSA) is 34.0 Å². The average molecular weight is 617 g/mol. The van der Waals surface area contributed by atoms with E-state index in [9.17, 15) is 0 Å². The second-order valence-corrected chi connectivity index (χ2v) is 12.3. The summed E-state index contributed by atoms with van der Waals surface area (Å²) in [6.45, 7) is 14.0. The predicted molar refractivity (Wildman–Crippen MR) is 199 cm³/mol. The van der Waals surface area contributed by atoms with Gasteiger partial charge in [-0.05, 0) is 88.0 Å². The Morgan fingerprint density at radius 3 is 2.15 bits per heavy atom. The Kier molecular flexibility index (Phi) is 9.60. The fourth-order valence-electron chi connectivity index (χ4n) is 6.52. The van der Waals surface area contributed by atoms with Crippen LogP contribution in [0.1, 0.15) is 61.3 Å². The molecular formula is C43H44N4. The van der Waals surface area contributed by atoms with Crippen LogP contribution in [0.15, 0.2) is 122 Å². The molecule has 0 N–H and O–H groups in total. The molecule has 1 aliphatic rings. The standard InChI is InChI=1S/C43H44N4/c1-7-9-10-12-16-30(3)33-19-21-34(22-20-33)40-29-41(45-43(44-40)36-17-13-11-14-18-36)35-23-25-37(26-24-35)47-31(4)38(15-8-2)39-27-28-46(6)32(5)42(39)47/h7-9,11-26,29,32H,3,10,27-28H2,1-2,4-6H3/b9-7-,15-8-,16-12?. The van der Waals surface area contributed by atoms with Crippen LogP contribution in [0.4, 0.5) is 0 Å². The van der Waals surface area contributed by atoms with Crippen molar-refractivity contribution < 1.29 is 0 Å². The third-order valence-corrected chi connectivity index (χ3v) is 9.26. The lowest BCUT2D eigenvalue weighted by Crippen LogP contribution is -2.31. The third kappa shape index (κ3) is 6.61. The van der Waals surface area contributed by atoms with Gasteiger partial charge in [0.15, 0.2) is 5.82 Å². The Balaban J connectivity index is 1.38. The normalized spacial score (nSPS) is 15.2. The molecule has 2 aromatic heterocycles. The smallest absolute Gasteiger partial charge is 0.160 e. The van der Waals surface area contributed by atoms with Gasteiger partial charge in [-0.2, -0.15) is 0 Å². The molecule has 0 fully saturated rings. The van der Waals surface area contributed by atoms with E-state index in [1.165, 1.54) is 28.2 Å². The lowest BCUT2D eigenvalue weighted by Gasteiger charge is -2.32. The fourth-order valence-corrected chi connectivity index (χ4v) is 6.52. The predicted octanol–water partition coefficient (Wildman–Crippen LogP) is 10.7. The van der Waals surface area contributed by atoms with E-state index in [0.29, 0.717) is 11.9 Å². The summed E-state index contributed by atoms with van der Waals surface area (Å²) in [7, 11) is 2.23. The van der Waals surface area contributed by atoms with Crippen molar-refractivity contribution in [3.8, 4) is 39.6 Å². The zero-order valence-electron chi connectivity index (χ0n) is 28.2. The van der Waals surface area contributed by atoms with Crippen molar-refractivity contribution in [1.29, 1.82) is 0 Å². The summed E-state index contributed by atoms with van der Waals surface area (Å²) in [5, 5.41) is 0. The van der Waals surface area contributed by atoms with Crippen LogP contribution in [0.3, 0.4) is 0 Å². The van der Waals surface area contributed by atoms with Gasteiger partial charge in [0.05, 0.1) is 11.4 Å². The van der Waals surface area contributed by atoms with Gasteiger partial charge >= 0.3 is 0 Å². The Bertz CT molecular complexity index is 1960. The summed E-state index contributed by atoms with van der Waals surface area (Å²) in [4.78, 5) is 12.6. The molecule has 0 spiro atoms. The number of likely N-dealkylation sites (N-methyl/N-ethyl adjacent to an activating group) is 1. The van der Waals surface area contributed by atoms with Crippen molar-refractivity contribution in [2.24, 2.45) is 0 Å². The molecule has 1 aliphatic heterocycles. The summed E-state index contributed by atoms with van der Waals surface area (Å²) in [5.74, 6) is 0.714. The van der Waals surface area contributed by atoms with Gasteiger partial charge in [0.25, 0.3) is 0 Å². The molecule has 1 atom stereocenters. The van der Waals surface area contributed by atoms with E-state index in [2.05, 4.69) is 147 Å². The molecule has 6 rings (SSSR count). The number of benzene rings is 3. The monoisotopic (exact) mass is 616 g/mol. The molecule has 3 aromatic carbocycles. The molecule has 0 bridgehead atoms. The van der Waals surface area contributed by atoms with Gasteiger partial charge in [-0.15, -0.1) is 0 Å². The summed E-state index contributed by atoms with van der Waals surface area (Å²) in [5.41, 5.74) is 13.7. The summed E-state index contributed by atoms with van der Waals surface area (Å²) >= 11 is 0. The van der Waals surface area contributed by atoms with Gasteiger partial charge in [-0.25, -0.2) is 9.97 Å². The molecule has 0 saturated carbocycles. The molecule has 0 saturated heterocycles. The molecule has 0 amide bonds. The minimum Gasteiger partial charge on any atom is -0.316 e. The zero-order chi connectivity index (χ0) is 32.9. The molecule has 1 unspecified atom stereocenters. The van der Waals surface area contributed by atoms with Crippen LogP contribution in [0.2, 0.25) is 0 Å². The Morgan fingerprint density at radius 1 is 0.851 bits per heavy atom. The van der Waals surface area contributed by atoms with E-state index in [1.807, 2.05) is 25.1 Å². The lowest BCUT2D eigenvalue weighted by atomic mass is 9.97. The Hall–Kier alpha value is -5.06. The van der Waals surface area contributed by atoms with Gasteiger partial charge < -0.3 is 4.57 Å². The van der Waals surface area contributed by atoms with Crippen LogP contribution in [0.5, 0.6) is 0 Å². The maximum atomic E-state index is 5.07. The first-order valence-electron chi connectivity index (χ1n) is 16.6. The number of fused-ring (bicyclic) bond motifs is 1. The summed E-state index contributed by atoms with van der Waals surface area (Å²) in [6, 6.07) is 30.0. The number of rotatable bonds is 9. The first kappa shape index (κ1) is 31.9. The minimum atomic E-state index is 0.340. The molecule has 236 valence electrons. The van der Waals surface area contributed by atoms with Crippen LogP contribution < -0.4 is 0 Å². The molecule has 0 aliphatic carbocycles. The quantitative estimate of drug-likeness (QED) is 0.122. The van der Waals surface area contributed by atoms with Crippen LogP contribution >= 0.6 is 0 Å². The molecular weight excluding hydrogens is 573 g/mol. The molecule has 4 nitrogen and oxygen atoms in total. The maximum Gasteiger partial charge on any atom is 0.160 e.